The summed E-state index contributed by atoms with van der Waals surface area (Å²) in [7, 11) is 1.68. The zero-order chi connectivity index (χ0) is 13.0. The second kappa shape index (κ2) is 5.98. The van der Waals surface area contributed by atoms with Crippen LogP contribution in [-0.4, -0.2) is 23.8 Å². The van der Waals surface area contributed by atoms with E-state index in [4.69, 9.17) is 9.84 Å². The Balaban J connectivity index is 2.20. The third-order valence-electron chi connectivity index (χ3n) is 2.79. The van der Waals surface area contributed by atoms with Crippen molar-refractivity contribution in [2.45, 2.75) is 19.8 Å². The number of rotatable bonds is 5. The first-order chi connectivity index (χ1) is 8.74. The summed E-state index contributed by atoms with van der Waals surface area (Å²) in [6, 6.07) is 6.08. The fraction of sp³-hybridized carbons (Fsp3) is 0.357. The maximum absolute atomic E-state index is 8.81. The molecule has 0 atom stereocenters. The van der Waals surface area contributed by atoms with Crippen molar-refractivity contribution in [2.75, 3.05) is 13.7 Å². The van der Waals surface area contributed by atoms with Gasteiger partial charge in [-0.15, -0.1) is 11.3 Å². The Kier molecular flexibility index (Phi) is 4.33. The zero-order valence-electron chi connectivity index (χ0n) is 10.6. The van der Waals surface area contributed by atoms with Crippen LogP contribution in [0.5, 0.6) is 5.75 Å². The third kappa shape index (κ3) is 2.89. The highest BCUT2D eigenvalue weighted by molar-refractivity contribution is 7.09. The highest BCUT2D eigenvalue weighted by Crippen LogP contribution is 2.27. The van der Waals surface area contributed by atoms with Gasteiger partial charge in [0.1, 0.15) is 5.75 Å². The van der Waals surface area contributed by atoms with Gasteiger partial charge in [-0.05, 0) is 37.1 Å². The molecule has 0 aliphatic carbocycles. The van der Waals surface area contributed by atoms with Crippen molar-refractivity contribution < 1.29 is 9.84 Å². The number of ether oxygens (including phenoxy) is 1. The standard InChI is InChI=1S/C14H17NO2S/c1-10-8-11(5-6-13(10)17-2)12-9-18-14(15-12)4-3-7-16/h5-6,8-9,16H,3-4,7H2,1-2H3. The molecule has 1 heterocycles. The second-order valence-electron chi connectivity index (χ2n) is 4.14. The Labute approximate surface area is 111 Å². The average Bonchev–Trinajstić information content (AvgIpc) is 2.85. The number of aromatic nitrogens is 1. The molecule has 3 nitrogen and oxygen atoms in total. The van der Waals surface area contributed by atoms with Crippen LogP contribution in [0.1, 0.15) is 17.0 Å². The summed E-state index contributed by atoms with van der Waals surface area (Å²) in [5.74, 6) is 0.898. The monoisotopic (exact) mass is 263 g/mol. The number of thiazole rings is 1. The maximum Gasteiger partial charge on any atom is 0.121 e. The smallest absolute Gasteiger partial charge is 0.121 e. The van der Waals surface area contributed by atoms with Gasteiger partial charge in [0.05, 0.1) is 17.8 Å². The summed E-state index contributed by atoms with van der Waals surface area (Å²) < 4.78 is 5.25. The topological polar surface area (TPSA) is 42.4 Å². The van der Waals surface area contributed by atoms with Crippen LogP contribution in [0.15, 0.2) is 23.6 Å². The van der Waals surface area contributed by atoms with Crippen LogP contribution in [0.2, 0.25) is 0 Å². The lowest BCUT2D eigenvalue weighted by atomic mass is 10.1. The summed E-state index contributed by atoms with van der Waals surface area (Å²) in [4.78, 5) is 4.58. The van der Waals surface area contributed by atoms with E-state index in [1.807, 2.05) is 19.1 Å². The predicted molar refractivity (Wildman–Crippen MR) is 74.2 cm³/mol. The highest BCUT2D eigenvalue weighted by Gasteiger charge is 2.06. The van der Waals surface area contributed by atoms with Gasteiger partial charge in [-0.1, -0.05) is 0 Å². The Hall–Kier alpha value is -1.39. The summed E-state index contributed by atoms with van der Waals surface area (Å²) in [5.41, 5.74) is 3.22. The number of nitrogens with zero attached hydrogens (tertiary/aromatic N) is 1. The van der Waals surface area contributed by atoms with Gasteiger partial charge in [-0.25, -0.2) is 4.98 Å². The summed E-state index contributed by atoms with van der Waals surface area (Å²) >= 11 is 1.65. The van der Waals surface area contributed by atoms with E-state index in [9.17, 15) is 0 Å². The molecule has 0 spiro atoms. The molecule has 0 amide bonds. The molecule has 0 fully saturated rings. The fourth-order valence-corrected chi connectivity index (χ4v) is 2.68. The number of hydrogen-bond donors (Lipinski definition) is 1. The zero-order valence-corrected chi connectivity index (χ0v) is 11.5. The fourth-order valence-electron chi connectivity index (χ4n) is 1.83. The van der Waals surface area contributed by atoms with E-state index in [1.54, 1.807) is 18.4 Å². The lowest BCUT2D eigenvalue weighted by Crippen LogP contribution is -1.90. The van der Waals surface area contributed by atoms with Gasteiger partial charge in [-0.3, -0.25) is 0 Å². The lowest BCUT2D eigenvalue weighted by molar-refractivity contribution is 0.288. The molecule has 1 aromatic heterocycles. The normalized spacial score (nSPS) is 10.6. The van der Waals surface area contributed by atoms with Crippen molar-refractivity contribution in [3.8, 4) is 17.0 Å². The Morgan fingerprint density at radius 2 is 2.22 bits per heavy atom. The van der Waals surface area contributed by atoms with Gasteiger partial charge in [0.15, 0.2) is 0 Å². The van der Waals surface area contributed by atoms with Crippen molar-refractivity contribution in [1.29, 1.82) is 0 Å². The average molecular weight is 263 g/mol. The molecule has 0 unspecified atom stereocenters. The molecule has 0 aliphatic heterocycles. The largest absolute Gasteiger partial charge is 0.496 e. The van der Waals surface area contributed by atoms with Crippen molar-refractivity contribution in [1.82, 2.24) is 4.98 Å². The maximum atomic E-state index is 8.81. The number of aliphatic hydroxyl groups excluding tert-OH is 1. The van der Waals surface area contributed by atoms with Crippen LogP contribution in [0.4, 0.5) is 0 Å². The van der Waals surface area contributed by atoms with Crippen molar-refractivity contribution in [3.63, 3.8) is 0 Å². The molecule has 0 saturated heterocycles. The minimum absolute atomic E-state index is 0.219. The van der Waals surface area contributed by atoms with Gasteiger partial charge in [0.2, 0.25) is 0 Å². The Bertz CT molecular complexity index is 522. The van der Waals surface area contributed by atoms with E-state index >= 15 is 0 Å². The summed E-state index contributed by atoms with van der Waals surface area (Å²) in [5, 5.41) is 11.9. The molecule has 4 heteroatoms. The van der Waals surface area contributed by atoms with Crippen LogP contribution in [0.25, 0.3) is 11.3 Å². The van der Waals surface area contributed by atoms with E-state index in [2.05, 4.69) is 16.4 Å². The quantitative estimate of drug-likeness (QED) is 0.901. The highest BCUT2D eigenvalue weighted by atomic mass is 32.1. The van der Waals surface area contributed by atoms with Crippen LogP contribution in [0, 0.1) is 6.92 Å². The van der Waals surface area contributed by atoms with Gasteiger partial charge < -0.3 is 9.84 Å². The van der Waals surface area contributed by atoms with Crippen molar-refractivity contribution >= 4 is 11.3 Å². The van der Waals surface area contributed by atoms with E-state index < -0.39 is 0 Å². The molecule has 1 N–H and O–H groups in total. The number of methoxy groups -OCH3 is 1. The molecule has 0 aliphatic rings. The summed E-state index contributed by atoms with van der Waals surface area (Å²) in [6.07, 6.45) is 1.62. The minimum Gasteiger partial charge on any atom is -0.496 e. The molecule has 0 bridgehead atoms. The number of aryl methyl sites for hydroxylation is 2. The van der Waals surface area contributed by atoms with Crippen molar-refractivity contribution in [3.05, 3.63) is 34.2 Å². The van der Waals surface area contributed by atoms with E-state index in [1.165, 1.54) is 0 Å². The minimum atomic E-state index is 0.219. The first-order valence-corrected chi connectivity index (χ1v) is 6.83. The first kappa shape index (κ1) is 13.1. The van der Waals surface area contributed by atoms with Crippen LogP contribution in [-0.2, 0) is 6.42 Å². The molecule has 2 rings (SSSR count). The number of aliphatic hydroxyl groups is 1. The molecule has 2 aromatic rings. The Morgan fingerprint density at radius 3 is 2.89 bits per heavy atom. The third-order valence-corrected chi connectivity index (χ3v) is 3.70. The molecule has 18 heavy (non-hydrogen) atoms. The van der Waals surface area contributed by atoms with Gasteiger partial charge in [0.25, 0.3) is 0 Å². The van der Waals surface area contributed by atoms with E-state index in [-0.39, 0.29) is 6.61 Å². The molecule has 1 aromatic carbocycles. The molecular weight excluding hydrogens is 246 g/mol. The first-order valence-electron chi connectivity index (χ1n) is 5.95. The lowest BCUT2D eigenvalue weighted by Gasteiger charge is -2.05. The van der Waals surface area contributed by atoms with Gasteiger partial charge in [0, 0.05) is 24.0 Å². The van der Waals surface area contributed by atoms with Crippen LogP contribution in [0.3, 0.4) is 0 Å². The van der Waals surface area contributed by atoms with Crippen LogP contribution < -0.4 is 4.74 Å². The SMILES string of the molecule is COc1ccc(-c2csc(CCCO)n2)cc1C. The van der Waals surface area contributed by atoms with E-state index in [0.29, 0.717) is 0 Å². The Morgan fingerprint density at radius 1 is 1.39 bits per heavy atom. The number of hydrogen-bond acceptors (Lipinski definition) is 4. The van der Waals surface area contributed by atoms with Gasteiger partial charge in [-0.2, -0.15) is 0 Å². The molecule has 0 saturated carbocycles. The second-order valence-corrected chi connectivity index (χ2v) is 5.08. The molecule has 0 radical (unpaired) electrons. The predicted octanol–water partition coefficient (Wildman–Crippen LogP) is 3.05. The molecular formula is C14H17NO2S. The summed E-state index contributed by atoms with van der Waals surface area (Å²) in [6.45, 7) is 2.25. The van der Waals surface area contributed by atoms with E-state index in [0.717, 1.165) is 40.4 Å². The van der Waals surface area contributed by atoms with Crippen molar-refractivity contribution in [2.24, 2.45) is 0 Å². The number of benzene rings is 1. The van der Waals surface area contributed by atoms with Gasteiger partial charge >= 0.3 is 0 Å². The molecule has 96 valence electrons. The van der Waals surface area contributed by atoms with Crippen LogP contribution >= 0.6 is 11.3 Å².